The topological polar surface area (TPSA) is 151 Å². The molecule has 11 heteroatoms. The van der Waals surface area contributed by atoms with E-state index < -0.39 is 23.9 Å². The third kappa shape index (κ3) is 4.33. The number of aromatic nitrogens is 3. The lowest BCUT2D eigenvalue weighted by Gasteiger charge is -2.24. The number of aliphatic hydroxyl groups is 3. The number of ether oxygens (including phenoxy) is 3. The number of rotatable bonds is 8. The van der Waals surface area contributed by atoms with Crippen molar-refractivity contribution in [2.75, 3.05) is 45.1 Å². The van der Waals surface area contributed by atoms with Crippen LogP contribution in [0.15, 0.2) is 12.1 Å². The summed E-state index contributed by atoms with van der Waals surface area (Å²) in [6.07, 6.45) is -1.65. The van der Waals surface area contributed by atoms with Crippen LogP contribution >= 0.6 is 0 Å². The number of fused-ring (bicyclic) bond motifs is 1. The molecule has 0 radical (unpaired) electrons. The second-order valence-electron chi connectivity index (χ2n) is 8.31. The molecule has 0 amide bonds. The summed E-state index contributed by atoms with van der Waals surface area (Å²) in [4.78, 5) is 13.3. The van der Waals surface area contributed by atoms with E-state index in [9.17, 15) is 15.3 Å². The zero-order valence-electron chi connectivity index (χ0n) is 19.5. The second-order valence-corrected chi connectivity index (χ2v) is 8.31. The fourth-order valence-corrected chi connectivity index (χ4v) is 4.29. The maximum atomic E-state index is 10.6. The van der Waals surface area contributed by atoms with Crippen LogP contribution in [0.5, 0.6) is 11.8 Å². The molecular weight excluding hydrogens is 442 g/mol. The van der Waals surface area contributed by atoms with Gasteiger partial charge in [0.25, 0.3) is 0 Å². The highest BCUT2D eigenvalue weighted by molar-refractivity contribution is 5.61. The van der Waals surface area contributed by atoms with Crippen LogP contribution in [0.25, 0.3) is 0 Å². The first-order chi connectivity index (χ1) is 16.3. The monoisotopic (exact) mass is 471 g/mol. The molecule has 34 heavy (non-hydrogen) atoms. The summed E-state index contributed by atoms with van der Waals surface area (Å²) in [5.41, 5.74) is 0.209. The Hall–Kier alpha value is -3.17. The van der Waals surface area contributed by atoms with E-state index in [-0.39, 0.29) is 5.92 Å². The molecule has 5 atom stereocenters. The lowest BCUT2D eigenvalue weighted by Crippen LogP contribution is -2.42. The third-order valence-corrected chi connectivity index (χ3v) is 6.26. The summed E-state index contributed by atoms with van der Waals surface area (Å²) in [6, 6.07) is 2.93. The van der Waals surface area contributed by atoms with Crippen LogP contribution in [0, 0.1) is 24.7 Å². The minimum atomic E-state index is -1.48. The van der Waals surface area contributed by atoms with Gasteiger partial charge in [0.2, 0.25) is 17.7 Å². The number of pyridine rings is 1. The van der Waals surface area contributed by atoms with E-state index in [2.05, 4.69) is 37.4 Å². The van der Waals surface area contributed by atoms with Crippen molar-refractivity contribution in [3.05, 3.63) is 29.0 Å². The van der Waals surface area contributed by atoms with Crippen molar-refractivity contribution >= 4 is 11.8 Å². The largest absolute Gasteiger partial charge is 0.481 e. The summed E-state index contributed by atoms with van der Waals surface area (Å²) in [5.74, 6) is 7.28. The summed E-state index contributed by atoms with van der Waals surface area (Å²) in [5, 5.41) is 37.3. The molecule has 4 rings (SSSR count). The van der Waals surface area contributed by atoms with Crippen LogP contribution in [-0.4, -0.2) is 88.6 Å². The highest BCUT2D eigenvalue weighted by Crippen LogP contribution is 2.56. The SMILES string of the molecule is COCCNc1nc(C)c(C#Cc2ccc(OC)nc2OC)c(NC2CC3C(O)C3(O)C2O)n1. The quantitative estimate of drug-likeness (QED) is 0.260. The summed E-state index contributed by atoms with van der Waals surface area (Å²) in [7, 11) is 4.62. The smallest absolute Gasteiger partial charge is 0.232 e. The van der Waals surface area contributed by atoms with Gasteiger partial charge in [-0.2, -0.15) is 9.97 Å². The van der Waals surface area contributed by atoms with Crippen molar-refractivity contribution in [3.8, 4) is 23.6 Å². The molecule has 0 bridgehead atoms. The lowest BCUT2D eigenvalue weighted by atomic mass is 10.1. The molecule has 0 aliphatic heterocycles. The molecule has 0 saturated heterocycles. The van der Waals surface area contributed by atoms with Crippen LogP contribution in [0.3, 0.4) is 0 Å². The maximum Gasteiger partial charge on any atom is 0.232 e. The van der Waals surface area contributed by atoms with Gasteiger partial charge in [0.15, 0.2) is 0 Å². The average molecular weight is 472 g/mol. The van der Waals surface area contributed by atoms with Crippen molar-refractivity contribution in [1.82, 2.24) is 15.0 Å². The van der Waals surface area contributed by atoms with Gasteiger partial charge < -0.3 is 40.2 Å². The zero-order valence-corrected chi connectivity index (χ0v) is 19.5. The molecule has 0 spiro atoms. The van der Waals surface area contributed by atoms with Crippen molar-refractivity contribution < 1.29 is 29.5 Å². The van der Waals surface area contributed by atoms with Crippen molar-refractivity contribution in [3.63, 3.8) is 0 Å². The normalized spacial score (nSPS) is 26.8. The van der Waals surface area contributed by atoms with E-state index >= 15 is 0 Å². The summed E-state index contributed by atoms with van der Waals surface area (Å²) < 4.78 is 15.5. The van der Waals surface area contributed by atoms with Crippen molar-refractivity contribution in [2.45, 2.75) is 37.2 Å². The first-order valence-corrected chi connectivity index (χ1v) is 10.9. The average Bonchev–Trinajstić information content (AvgIpc) is 3.24. The fraction of sp³-hybridized carbons (Fsp3) is 0.522. The molecule has 2 aromatic heterocycles. The Morgan fingerprint density at radius 3 is 2.53 bits per heavy atom. The standard InChI is InChI=1S/C23H29N5O6/c1-12-14(7-5-13-6-8-17(33-3)27-21(13)34-4)20(28-22(25-12)24-9-10-32-2)26-16-11-15-18(29)23(15,31)19(16)30/h6,8,15-16,18-19,29-31H,9-11H2,1-4H3,(H2,24,25,26,28). The van der Waals surface area contributed by atoms with Gasteiger partial charge in [0.1, 0.15) is 17.5 Å². The van der Waals surface area contributed by atoms with Crippen LogP contribution < -0.4 is 20.1 Å². The van der Waals surface area contributed by atoms with Crippen molar-refractivity contribution in [1.29, 1.82) is 0 Å². The van der Waals surface area contributed by atoms with Gasteiger partial charge in [-0.3, -0.25) is 0 Å². The van der Waals surface area contributed by atoms with E-state index in [0.717, 1.165) is 0 Å². The summed E-state index contributed by atoms with van der Waals surface area (Å²) in [6.45, 7) is 2.79. The third-order valence-electron chi connectivity index (χ3n) is 6.26. The Morgan fingerprint density at radius 2 is 1.88 bits per heavy atom. The molecule has 5 unspecified atom stereocenters. The summed E-state index contributed by atoms with van der Waals surface area (Å²) >= 11 is 0. The number of aliphatic hydroxyl groups excluding tert-OH is 2. The minimum Gasteiger partial charge on any atom is -0.481 e. The zero-order chi connectivity index (χ0) is 24.5. The van der Waals surface area contributed by atoms with Crippen molar-refractivity contribution in [2.24, 2.45) is 5.92 Å². The molecule has 182 valence electrons. The fourth-order valence-electron chi connectivity index (χ4n) is 4.29. The Bertz CT molecular complexity index is 1120. The predicted octanol–water partition coefficient (Wildman–Crippen LogP) is -0.0778. The van der Waals surface area contributed by atoms with E-state index in [1.165, 1.54) is 14.2 Å². The molecule has 11 nitrogen and oxygen atoms in total. The molecular formula is C23H29N5O6. The number of nitrogens with zero attached hydrogens (tertiary/aromatic N) is 3. The molecule has 2 aliphatic carbocycles. The van der Waals surface area contributed by atoms with Gasteiger partial charge in [-0.25, -0.2) is 4.98 Å². The van der Waals surface area contributed by atoms with Gasteiger partial charge in [0, 0.05) is 25.6 Å². The Morgan fingerprint density at radius 1 is 1.09 bits per heavy atom. The number of hydrogen-bond acceptors (Lipinski definition) is 11. The number of hydrogen-bond donors (Lipinski definition) is 5. The Balaban J connectivity index is 1.66. The predicted molar refractivity (Wildman–Crippen MR) is 123 cm³/mol. The maximum absolute atomic E-state index is 10.6. The molecule has 0 aromatic carbocycles. The van der Waals surface area contributed by atoms with Gasteiger partial charge in [-0.1, -0.05) is 11.8 Å². The second kappa shape index (κ2) is 9.60. The highest BCUT2D eigenvalue weighted by atomic mass is 16.5. The van der Waals surface area contributed by atoms with E-state index in [1.54, 1.807) is 19.2 Å². The number of methoxy groups -OCH3 is 3. The molecule has 2 saturated carbocycles. The van der Waals surface area contributed by atoms with Crippen LogP contribution in [0.2, 0.25) is 0 Å². The number of anilines is 2. The highest BCUT2D eigenvalue weighted by Gasteiger charge is 2.74. The van der Waals surface area contributed by atoms with Gasteiger partial charge >= 0.3 is 0 Å². The number of nitrogens with one attached hydrogen (secondary N) is 2. The first-order valence-electron chi connectivity index (χ1n) is 10.9. The van der Waals surface area contributed by atoms with E-state index in [4.69, 9.17) is 14.2 Å². The minimum absolute atomic E-state index is 0.320. The molecule has 2 fully saturated rings. The molecule has 2 aliphatic rings. The van der Waals surface area contributed by atoms with E-state index in [1.807, 2.05) is 6.92 Å². The molecule has 2 aromatic rings. The lowest BCUT2D eigenvalue weighted by molar-refractivity contribution is -0.0262. The van der Waals surface area contributed by atoms with Gasteiger partial charge in [-0.15, -0.1) is 0 Å². The molecule has 5 N–H and O–H groups in total. The van der Waals surface area contributed by atoms with E-state index in [0.29, 0.717) is 59.9 Å². The first kappa shape index (κ1) is 24.0. The van der Waals surface area contributed by atoms with Crippen LogP contribution in [0.4, 0.5) is 11.8 Å². The molecule has 2 heterocycles. The number of aryl methyl sites for hydroxylation is 1. The van der Waals surface area contributed by atoms with Gasteiger partial charge in [0.05, 0.1) is 49.8 Å². The van der Waals surface area contributed by atoms with Crippen LogP contribution in [0.1, 0.15) is 23.2 Å². The van der Waals surface area contributed by atoms with Gasteiger partial charge in [-0.05, 0) is 19.4 Å². The van der Waals surface area contributed by atoms with Crippen LogP contribution in [-0.2, 0) is 4.74 Å². The Kier molecular flexibility index (Phi) is 6.77. The Labute approximate surface area is 197 Å².